The van der Waals surface area contributed by atoms with E-state index in [0.717, 1.165) is 22.5 Å². The van der Waals surface area contributed by atoms with Crippen LogP contribution in [0.3, 0.4) is 0 Å². The second kappa shape index (κ2) is 12.6. The quantitative estimate of drug-likeness (QED) is 0.153. The van der Waals surface area contributed by atoms with Gasteiger partial charge in [0.05, 0.1) is 5.41 Å². The van der Waals surface area contributed by atoms with Gasteiger partial charge in [0, 0.05) is 49.4 Å². The Morgan fingerprint density at radius 2 is 1.70 bits per heavy atom. The molecular weight excluding hydrogens is 542 g/mol. The van der Waals surface area contributed by atoms with Crippen LogP contribution in [0.5, 0.6) is 0 Å². The van der Waals surface area contributed by atoms with Gasteiger partial charge < -0.3 is 10.2 Å². The Bertz CT molecular complexity index is 1480. The number of carbonyl (C=O) groups is 2. The predicted octanol–water partition coefficient (Wildman–Crippen LogP) is 5.87. The molecular formula is C31H30ClN5O2S. The molecule has 0 bridgehead atoms. The molecule has 0 spiro atoms. The smallest absolute Gasteiger partial charge is 0.251 e. The third-order valence-corrected chi connectivity index (χ3v) is 8.47. The van der Waals surface area contributed by atoms with Crippen LogP contribution in [-0.4, -0.2) is 39.7 Å². The van der Waals surface area contributed by atoms with E-state index in [0.29, 0.717) is 54.1 Å². The molecule has 0 unspecified atom stereocenters. The van der Waals surface area contributed by atoms with Crippen molar-refractivity contribution in [2.75, 3.05) is 18.0 Å². The van der Waals surface area contributed by atoms with Crippen molar-refractivity contribution < 1.29 is 9.59 Å². The summed E-state index contributed by atoms with van der Waals surface area (Å²) in [5.74, 6) is 1.42. The Morgan fingerprint density at radius 3 is 2.42 bits per heavy atom. The topological polar surface area (TPSA) is 88.1 Å². The summed E-state index contributed by atoms with van der Waals surface area (Å²) >= 11 is 7.88. The van der Waals surface area contributed by atoms with Gasteiger partial charge in [-0.1, -0.05) is 65.8 Å². The SMILES string of the molecule is CC(=O)C1(c2ccccc2)CCN(c2cc(Cl)nc(SCc3cccc(C(=O)NCc4ccncc4)c3)n2)CC1. The Hall–Kier alpha value is -3.75. The van der Waals surface area contributed by atoms with Gasteiger partial charge in [0.2, 0.25) is 0 Å². The number of nitrogens with zero attached hydrogens (tertiary/aromatic N) is 4. The first kappa shape index (κ1) is 27.8. The van der Waals surface area contributed by atoms with Crippen molar-refractivity contribution in [3.8, 4) is 0 Å². The molecule has 7 nitrogen and oxygen atoms in total. The van der Waals surface area contributed by atoms with Crippen LogP contribution in [0.15, 0.2) is 90.3 Å². The molecule has 9 heteroatoms. The molecule has 2 aromatic heterocycles. The molecule has 0 aliphatic carbocycles. The Balaban J connectivity index is 1.22. The molecule has 0 saturated carbocycles. The molecule has 4 aromatic rings. The van der Waals surface area contributed by atoms with Crippen LogP contribution < -0.4 is 10.2 Å². The second-order valence-electron chi connectivity index (χ2n) is 9.85. The number of amides is 1. The number of benzene rings is 2. The van der Waals surface area contributed by atoms with Crippen LogP contribution in [-0.2, 0) is 22.5 Å². The molecule has 2 aromatic carbocycles. The fourth-order valence-electron chi connectivity index (χ4n) is 5.07. The van der Waals surface area contributed by atoms with Crippen molar-refractivity contribution in [3.05, 3.63) is 113 Å². The lowest BCUT2D eigenvalue weighted by molar-refractivity contribution is -0.123. The predicted molar refractivity (Wildman–Crippen MR) is 159 cm³/mol. The minimum atomic E-state index is -0.470. The molecule has 3 heterocycles. The highest BCUT2D eigenvalue weighted by atomic mass is 35.5. The minimum Gasteiger partial charge on any atom is -0.356 e. The average Bonchev–Trinajstić information content (AvgIpc) is 2.99. The number of rotatable bonds is 9. The Kier molecular flexibility index (Phi) is 8.77. The number of piperidine rings is 1. The van der Waals surface area contributed by atoms with Gasteiger partial charge in [-0.2, -0.15) is 0 Å². The van der Waals surface area contributed by atoms with Gasteiger partial charge in [-0.15, -0.1) is 0 Å². The van der Waals surface area contributed by atoms with E-state index in [4.69, 9.17) is 16.6 Å². The van der Waals surface area contributed by atoms with Crippen molar-refractivity contribution in [1.82, 2.24) is 20.3 Å². The van der Waals surface area contributed by atoms with Crippen LogP contribution in [0, 0.1) is 0 Å². The van der Waals surface area contributed by atoms with Gasteiger partial charge >= 0.3 is 0 Å². The zero-order valence-corrected chi connectivity index (χ0v) is 23.8. The summed E-state index contributed by atoms with van der Waals surface area (Å²) in [6.07, 6.45) is 4.84. The summed E-state index contributed by atoms with van der Waals surface area (Å²) in [4.78, 5) is 40.8. The number of pyridine rings is 1. The number of hydrogen-bond donors (Lipinski definition) is 1. The third-order valence-electron chi connectivity index (χ3n) is 7.36. The monoisotopic (exact) mass is 571 g/mol. The van der Waals surface area contributed by atoms with E-state index in [9.17, 15) is 9.59 Å². The largest absolute Gasteiger partial charge is 0.356 e. The highest BCUT2D eigenvalue weighted by molar-refractivity contribution is 7.98. The molecule has 1 aliphatic rings. The van der Waals surface area contributed by atoms with E-state index >= 15 is 0 Å². The Labute approximate surface area is 243 Å². The molecule has 1 aliphatic heterocycles. The molecule has 0 radical (unpaired) electrons. The number of thioether (sulfide) groups is 1. The summed E-state index contributed by atoms with van der Waals surface area (Å²) in [5, 5.41) is 3.90. The summed E-state index contributed by atoms with van der Waals surface area (Å²) in [6, 6.07) is 23.1. The number of nitrogens with one attached hydrogen (secondary N) is 1. The van der Waals surface area contributed by atoms with E-state index in [1.54, 1.807) is 31.5 Å². The van der Waals surface area contributed by atoms with Gasteiger partial charge in [-0.25, -0.2) is 9.97 Å². The van der Waals surface area contributed by atoms with Crippen molar-refractivity contribution in [2.45, 2.75) is 42.6 Å². The molecule has 1 N–H and O–H groups in total. The number of ketones is 1. The highest BCUT2D eigenvalue weighted by Gasteiger charge is 2.40. The first-order valence-electron chi connectivity index (χ1n) is 13.2. The molecule has 204 valence electrons. The number of carbonyl (C=O) groups excluding carboxylic acids is 2. The third kappa shape index (κ3) is 6.51. The summed E-state index contributed by atoms with van der Waals surface area (Å²) < 4.78 is 0. The summed E-state index contributed by atoms with van der Waals surface area (Å²) in [5.41, 5.74) is 3.18. The molecule has 1 fully saturated rings. The lowest BCUT2D eigenvalue weighted by atomic mass is 9.70. The lowest BCUT2D eigenvalue weighted by Gasteiger charge is -2.41. The van der Waals surface area contributed by atoms with E-state index in [2.05, 4.69) is 20.2 Å². The average molecular weight is 572 g/mol. The zero-order chi connectivity index (χ0) is 28.0. The standard InChI is InChI=1S/C31H30ClN5O2S/c1-22(38)31(26-8-3-2-4-9-26)12-16-37(17-13-31)28-19-27(32)35-30(36-28)40-21-24-6-5-7-25(18-24)29(39)34-20-23-10-14-33-15-11-23/h2-11,14-15,18-19H,12-13,16-17,20-21H2,1H3,(H,34,39). The van der Waals surface area contributed by atoms with Crippen LogP contribution in [0.4, 0.5) is 5.82 Å². The number of hydrogen-bond acceptors (Lipinski definition) is 7. The van der Waals surface area contributed by atoms with Gasteiger partial charge in [-0.3, -0.25) is 14.6 Å². The number of Topliss-reactive ketones (excluding diaryl/α,β-unsaturated/α-hetero) is 1. The number of anilines is 1. The van der Waals surface area contributed by atoms with Gasteiger partial charge in [0.1, 0.15) is 16.8 Å². The van der Waals surface area contributed by atoms with E-state index in [1.165, 1.54) is 11.8 Å². The summed E-state index contributed by atoms with van der Waals surface area (Å²) in [6.45, 7) is 3.53. The molecule has 0 atom stereocenters. The normalized spacial score (nSPS) is 14.5. The maximum absolute atomic E-state index is 12.8. The highest BCUT2D eigenvalue weighted by Crippen LogP contribution is 2.38. The fraction of sp³-hybridized carbons (Fsp3) is 0.258. The lowest BCUT2D eigenvalue weighted by Crippen LogP contribution is -2.47. The van der Waals surface area contributed by atoms with Gasteiger partial charge in [0.15, 0.2) is 5.16 Å². The first-order chi connectivity index (χ1) is 19.4. The van der Waals surface area contributed by atoms with Crippen molar-refractivity contribution >= 4 is 40.9 Å². The van der Waals surface area contributed by atoms with E-state index in [1.807, 2.05) is 60.7 Å². The fourth-order valence-corrected chi connectivity index (χ4v) is 6.09. The molecule has 5 rings (SSSR count). The van der Waals surface area contributed by atoms with Crippen molar-refractivity contribution in [1.29, 1.82) is 0 Å². The van der Waals surface area contributed by atoms with Crippen LogP contribution in [0.25, 0.3) is 0 Å². The van der Waals surface area contributed by atoms with Crippen LogP contribution >= 0.6 is 23.4 Å². The van der Waals surface area contributed by atoms with Crippen molar-refractivity contribution in [2.24, 2.45) is 0 Å². The van der Waals surface area contributed by atoms with Crippen molar-refractivity contribution in [3.63, 3.8) is 0 Å². The first-order valence-corrected chi connectivity index (χ1v) is 14.5. The molecule has 1 saturated heterocycles. The van der Waals surface area contributed by atoms with E-state index in [-0.39, 0.29) is 11.7 Å². The number of aromatic nitrogens is 3. The van der Waals surface area contributed by atoms with Gasteiger partial charge in [-0.05, 0) is 60.7 Å². The minimum absolute atomic E-state index is 0.132. The summed E-state index contributed by atoms with van der Waals surface area (Å²) in [7, 11) is 0. The maximum Gasteiger partial charge on any atom is 0.251 e. The van der Waals surface area contributed by atoms with Crippen LogP contribution in [0.2, 0.25) is 5.15 Å². The molecule has 1 amide bonds. The zero-order valence-electron chi connectivity index (χ0n) is 22.2. The van der Waals surface area contributed by atoms with Gasteiger partial charge in [0.25, 0.3) is 5.91 Å². The molecule has 40 heavy (non-hydrogen) atoms. The second-order valence-corrected chi connectivity index (χ2v) is 11.2. The number of halogens is 1. The van der Waals surface area contributed by atoms with Crippen LogP contribution in [0.1, 0.15) is 46.8 Å². The maximum atomic E-state index is 12.8. The Morgan fingerprint density at radius 1 is 0.950 bits per heavy atom. The van der Waals surface area contributed by atoms with E-state index < -0.39 is 5.41 Å².